The quantitative estimate of drug-likeness (QED) is 0.879. The van der Waals surface area contributed by atoms with Gasteiger partial charge >= 0.3 is 0 Å². The summed E-state index contributed by atoms with van der Waals surface area (Å²) in [4.78, 5) is 0. The van der Waals surface area contributed by atoms with E-state index in [1.165, 1.54) is 18.6 Å². The SMILES string of the molecule is NC1CCCCCCC1Oc1cccc(F)c1F. The molecule has 1 fully saturated rings. The molecule has 1 aromatic carbocycles. The smallest absolute Gasteiger partial charge is 0.200 e. The second kappa shape index (κ2) is 6.14. The van der Waals surface area contributed by atoms with Crippen molar-refractivity contribution in [2.75, 3.05) is 0 Å². The molecule has 4 heteroatoms. The van der Waals surface area contributed by atoms with Gasteiger partial charge in [-0.15, -0.1) is 0 Å². The van der Waals surface area contributed by atoms with Crippen molar-refractivity contribution < 1.29 is 13.5 Å². The number of hydrogen-bond acceptors (Lipinski definition) is 2. The third-order valence-electron chi connectivity index (χ3n) is 3.45. The molecule has 2 nitrogen and oxygen atoms in total. The first-order chi connectivity index (χ1) is 8.68. The maximum atomic E-state index is 13.5. The molecule has 1 aliphatic rings. The number of rotatable bonds is 2. The molecule has 0 aliphatic heterocycles. The predicted octanol–water partition coefficient (Wildman–Crippen LogP) is 3.39. The van der Waals surface area contributed by atoms with Crippen LogP contribution in [0.4, 0.5) is 8.78 Å². The fourth-order valence-electron chi connectivity index (χ4n) is 2.36. The Morgan fingerprint density at radius 3 is 2.56 bits per heavy atom. The molecule has 0 bridgehead atoms. The molecule has 0 heterocycles. The maximum absolute atomic E-state index is 13.5. The van der Waals surface area contributed by atoms with E-state index in [1.54, 1.807) is 0 Å². The summed E-state index contributed by atoms with van der Waals surface area (Å²) in [5, 5.41) is 0. The van der Waals surface area contributed by atoms with Crippen molar-refractivity contribution in [3.63, 3.8) is 0 Å². The highest BCUT2D eigenvalue weighted by atomic mass is 19.2. The minimum absolute atomic E-state index is 0.0315. The molecule has 2 atom stereocenters. The molecule has 0 saturated heterocycles. The van der Waals surface area contributed by atoms with Gasteiger partial charge in [-0.2, -0.15) is 4.39 Å². The van der Waals surface area contributed by atoms with Crippen molar-refractivity contribution in [3.8, 4) is 5.75 Å². The Bertz CT molecular complexity index is 397. The summed E-state index contributed by atoms with van der Waals surface area (Å²) < 4.78 is 32.2. The third-order valence-corrected chi connectivity index (χ3v) is 3.45. The molecular weight excluding hydrogens is 236 g/mol. The van der Waals surface area contributed by atoms with Crippen molar-refractivity contribution in [1.82, 2.24) is 0 Å². The van der Waals surface area contributed by atoms with Crippen LogP contribution in [0.25, 0.3) is 0 Å². The zero-order valence-electron chi connectivity index (χ0n) is 10.4. The lowest BCUT2D eigenvalue weighted by molar-refractivity contribution is 0.138. The molecule has 1 saturated carbocycles. The van der Waals surface area contributed by atoms with Crippen molar-refractivity contribution in [3.05, 3.63) is 29.8 Å². The fraction of sp³-hybridized carbons (Fsp3) is 0.571. The van der Waals surface area contributed by atoms with Crippen LogP contribution in [0, 0.1) is 11.6 Å². The van der Waals surface area contributed by atoms with Crippen molar-refractivity contribution in [2.24, 2.45) is 5.73 Å². The first-order valence-corrected chi connectivity index (χ1v) is 6.54. The van der Waals surface area contributed by atoms with E-state index in [2.05, 4.69) is 0 Å². The zero-order chi connectivity index (χ0) is 13.0. The van der Waals surface area contributed by atoms with Gasteiger partial charge in [-0.3, -0.25) is 0 Å². The van der Waals surface area contributed by atoms with Crippen LogP contribution in [0.2, 0.25) is 0 Å². The van der Waals surface area contributed by atoms with Gasteiger partial charge in [0.15, 0.2) is 11.6 Å². The van der Waals surface area contributed by atoms with E-state index in [-0.39, 0.29) is 17.9 Å². The molecule has 2 rings (SSSR count). The highest BCUT2D eigenvalue weighted by Gasteiger charge is 2.22. The van der Waals surface area contributed by atoms with Crippen molar-refractivity contribution in [2.45, 2.75) is 50.7 Å². The van der Waals surface area contributed by atoms with Crippen LogP contribution in [0.1, 0.15) is 38.5 Å². The van der Waals surface area contributed by atoms with Crippen LogP contribution < -0.4 is 10.5 Å². The van der Waals surface area contributed by atoms with Crippen LogP contribution in [-0.2, 0) is 0 Å². The number of hydrogen-bond donors (Lipinski definition) is 1. The van der Waals surface area contributed by atoms with Crippen molar-refractivity contribution in [1.29, 1.82) is 0 Å². The average Bonchev–Trinajstić information content (AvgIpc) is 2.34. The van der Waals surface area contributed by atoms with E-state index in [4.69, 9.17) is 10.5 Å². The molecular formula is C14H19F2NO. The minimum atomic E-state index is -0.924. The van der Waals surface area contributed by atoms with E-state index in [0.29, 0.717) is 0 Å². The Morgan fingerprint density at radius 2 is 1.78 bits per heavy atom. The Morgan fingerprint density at radius 1 is 1.06 bits per heavy atom. The van der Waals surface area contributed by atoms with E-state index in [0.717, 1.165) is 38.2 Å². The molecule has 2 unspecified atom stereocenters. The van der Waals surface area contributed by atoms with E-state index in [9.17, 15) is 8.78 Å². The van der Waals surface area contributed by atoms with Gasteiger partial charge in [-0.1, -0.05) is 25.3 Å². The van der Waals surface area contributed by atoms with Gasteiger partial charge in [-0.05, 0) is 31.4 Å². The first-order valence-electron chi connectivity index (χ1n) is 6.54. The van der Waals surface area contributed by atoms with Gasteiger partial charge in [0.25, 0.3) is 0 Å². The summed E-state index contributed by atoms with van der Waals surface area (Å²) in [6, 6.07) is 3.87. The van der Waals surface area contributed by atoms with E-state index < -0.39 is 11.6 Å². The Kier molecular flexibility index (Phi) is 4.53. The highest BCUT2D eigenvalue weighted by molar-refractivity contribution is 5.25. The standard InChI is InChI=1S/C14H19F2NO/c15-10-6-5-9-13(14(10)16)18-12-8-4-2-1-3-7-11(12)17/h5-6,9,11-12H,1-4,7-8,17H2. The third kappa shape index (κ3) is 3.19. The number of halogens is 2. The normalized spacial score (nSPS) is 25.3. The molecule has 0 spiro atoms. The highest BCUT2D eigenvalue weighted by Crippen LogP contribution is 2.25. The van der Waals surface area contributed by atoms with Gasteiger partial charge in [0.05, 0.1) is 0 Å². The lowest BCUT2D eigenvalue weighted by Crippen LogP contribution is -2.39. The van der Waals surface area contributed by atoms with Crippen LogP contribution in [0.15, 0.2) is 18.2 Å². The molecule has 18 heavy (non-hydrogen) atoms. The fourth-order valence-corrected chi connectivity index (χ4v) is 2.36. The lowest BCUT2D eigenvalue weighted by Gasteiger charge is -2.27. The number of benzene rings is 1. The first kappa shape index (κ1) is 13.3. The summed E-state index contributed by atoms with van der Waals surface area (Å²) in [5.41, 5.74) is 6.04. The number of ether oxygens (including phenoxy) is 1. The molecule has 0 aromatic heterocycles. The minimum Gasteiger partial charge on any atom is -0.486 e. The van der Waals surface area contributed by atoms with Crippen LogP contribution in [0.3, 0.4) is 0 Å². The summed E-state index contributed by atoms with van der Waals surface area (Å²) in [5.74, 6) is -1.84. The predicted molar refractivity (Wildman–Crippen MR) is 66.5 cm³/mol. The van der Waals surface area contributed by atoms with Gasteiger partial charge in [0.1, 0.15) is 6.10 Å². The summed E-state index contributed by atoms with van der Waals surface area (Å²) in [7, 11) is 0. The molecule has 1 aromatic rings. The molecule has 2 N–H and O–H groups in total. The van der Waals surface area contributed by atoms with Gasteiger partial charge in [0.2, 0.25) is 5.82 Å². The van der Waals surface area contributed by atoms with Gasteiger partial charge in [0, 0.05) is 6.04 Å². The second-order valence-corrected chi connectivity index (χ2v) is 4.86. The van der Waals surface area contributed by atoms with Gasteiger partial charge < -0.3 is 10.5 Å². The monoisotopic (exact) mass is 255 g/mol. The van der Waals surface area contributed by atoms with E-state index in [1.807, 2.05) is 0 Å². The maximum Gasteiger partial charge on any atom is 0.200 e. The Balaban J connectivity index is 2.08. The molecule has 0 amide bonds. The molecule has 1 aliphatic carbocycles. The number of nitrogens with two attached hydrogens (primary N) is 1. The topological polar surface area (TPSA) is 35.2 Å². The zero-order valence-corrected chi connectivity index (χ0v) is 10.4. The summed E-state index contributed by atoms with van der Waals surface area (Å²) in [6.45, 7) is 0. The Hall–Kier alpha value is -1.16. The van der Waals surface area contributed by atoms with Gasteiger partial charge in [-0.25, -0.2) is 4.39 Å². The summed E-state index contributed by atoms with van der Waals surface area (Å²) in [6.07, 6.45) is 5.90. The van der Waals surface area contributed by atoms with Crippen LogP contribution in [0.5, 0.6) is 5.75 Å². The average molecular weight is 255 g/mol. The lowest BCUT2D eigenvalue weighted by atomic mass is 9.95. The second-order valence-electron chi connectivity index (χ2n) is 4.86. The van der Waals surface area contributed by atoms with E-state index >= 15 is 0 Å². The molecule has 100 valence electrons. The summed E-state index contributed by atoms with van der Waals surface area (Å²) >= 11 is 0. The van der Waals surface area contributed by atoms with Crippen LogP contribution >= 0.6 is 0 Å². The van der Waals surface area contributed by atoms with Crippen LogP contribution in [-0.4, -0.2) is 12.1 Å². The largest absolute Gasteiger partial charge is 0.486 e. The van der Waals surface area contributed by atoms with Crippen molar-refractivity contribution >= 4 is 0 Å². The Labute approximate surface area is 106 Å². The molecule has 0 radical (unpaired) electrons.